The first-order chi connectivity index (χ1) is 12.3. The van der Waals surface area contributed by atoms with E-state index in [1.165, 1.54) is 6.07 Å². The van der Waals surface area contributed by atoms with Crippen molar-refractivity contribution in [3.63, 3.8) is 0 Å². The molecule has 1 aliphatic carbocycles. The maximum atomic E-state index is 14.1. The fraction of sp³-hybridized carbons (Fsp3) is 0.611. The van der Waals surface area contributed by atoms with E-state index in [0.29, 0.717) is 23.6 Å². The number of nitrogens with zero attached hydrogens (tertiary/aromatic N) is 2. The second kappa shape index (κ2) is 7.82. The minimum absolute atomic E-state index is 0.0369. The van der Waals surface area contributed by atoms with Crippen LogP contribution in [0.5, 0.6) is 0 Å². The molecule has 2 fully saturated rings. The lowest BCUT2D eigenvalue weighted by molar-refractivity contribution is -0.134. The lowest BCUT2D eigenvalue weighted by atomic mass is 10.2. The summed E-state index contributed by atoms with van der Waals surface area (Å²) in [6, 6.07) is 4.58. The van der Waals surface area contributed by atoms with E-state index in [-0.39, 0.29) is 48.4 Å². The van der Waals surface area contributed by atoms with Crippen LogP contribution in [0.2, 0.25) is 5.02 Å². The lowest BCUT2D eigenvalue weighted by Gasteiger charge is -2.30. The van der Waals surface area contributed by atoms with Gasteiger partial charge >= 0.3 is 0 Å². The van der Waals surface area contributed by atoms with Gasteiger partial charge in [-0.1, -0.05) is 17.7 Å². The summed E-state index contributed by atoms with van der Waals surface area (Å²) in [5.74, 6) is -0.299. The van der Waals surface area contributed by atoms with Gasteiger partial charge in [0, 0.05) is 35.8 Å². The van der Waals surface area contributed by atoms with Crippen LogP contribution in [-0.2, 0) is 21.2 Å². The smallest absolute Gasteiger partial charge is 0.237 e. The second-order valence-electron chi connectivity index (χ2n) is 7.07. The molecule has 0 N–H and O–H groups in total. The SMILES string of the molecule is CCN(C(=O)CN(Cc1c(F)cccc1Cl)C1CC1)C1CCS(=O)(=O)C1. The monoisotopic (exact) mass is 402 g/mol. The van der Waals surface area contributed by atoms with Gasteiger partial charge in [0.05, 0.1) is 18.1 Å². The lowest BCUT2D eigenvalue weighted by Crippen LogP contribution is -2.46. The van der Waals surface area contributed by atoms with Gasteiger partial charge in [0.25, 0.3) is 0 Å². The molecule has 1 aliphatic heterocycles. The van der Waals surface area contributed by atoms with Crippen LogP contribution in [0, 0.1) is 5.82 Å². The Hall–Kier alpha value is -1.18. The molecule has 144 valence electrons. The molecule has 1 atom stereocenters. The first-order valence-electron chi connectivity index (χ1n) is 8.97. The average molecular weight is 403 g/mol. The number of benzene rings is 1. The number of hydrogen-bond donors (Lipinski definition) is 0. The molecule has 1 unspecified atom stereocenters. The molecule has 1 heterocycles. The first kappa shape index (κ1) is 19.6. The van der Waals surface area contributed by atoms with Crippen molar-refractivity contribution in [2.24, 2.45) is 0 Å². The number of amides is 1. The molecule has 5 nitrogen and oxygen atoms in total. The number of sulfone groups is 1. The maximum absolute atomic E-state index is 14.1. The summed E-state index contributed by atoms with van der Waals surface area (Å²) in [5, 5.41) is 0.359. The molecule has 3 rings (SSSR count). The Balaban J connectivity index is 1.70. The molecule has 0 radical (unpaired) electrons. The van der Waals surface area contributed by atoms with E-state index in [4.69, 9.17) is 11.6 Å². The fourth-order valence-corrected chi connectivity index (χ4v) is 5.52. The van der Waals surface area contributed by atoms with E-state index in [9.17, 15) is 17.6 Å². The molecule has 2 aliphatic rings. The molecule has 1 aromatic carbocycles. The summed E-state index contributed by atoms with van der Waals surface area (Å²) in [4.78, 5) is 16.5. The van der Waals surface area contributed by atoms with Crippen LogP contribution in [0.25, 0.3) is 0 Å². The van der Waals surface area contributed by atoms with Crippen molar-refractivity contribution < 1.29 is 17.6 Å². The van der Waals surface area contributed by atoms with Gasteiger partial charge in [-0.05, 0) is 38.3 Å². The van der Waals surface area contributed by atoms with Crippen molar-refractivity contribution in [3.05, 3.63) is 34.6 Å². The van der Waals surface area contributed by atoms with Crippen molar-refractivity contribution in [2.75, 3.05) is 24.6 Å². The van der Waals surface area contributed by atoms with Crippen molar-refractivity contribution >= 4 is 27.3 Å². The molecule has 1 aromatic rings. The van der Waals surface area contributed by atoms with E-state index in [1.54, 1.807) is 17.0 Å². The third kappa shape index (κ3) is 4.56. The first-order valence-corrected chi connectivity index (χ1v) is 11.2. The summed E-state index contributed by atoms with van der Waals surface area (Å²) in [6.45, 7) is 2.76. The predicted molar refractivity (Wildman–Crippen MR) is 99.3 cm³/mol. The molecular formula is C18H24ClFN2O3S. The summed E-state index contributed by atoms with van der Waals surface area (Å²) in [6.07, 6.45) is 2.44. The average Bonchev–Trinajstić information content (AvgIpc) is 3.35. The highest BCUT2D eigenvalue weighted by molar-refractivity contribution is 7.91. The number of rotatable bonds is 7. The third-order valence-corrected chi connectivity index (χ3v) is 7.24. The maximum Gasteiger partial charge on any atom is 0.237 e. The van der Waals surface area contributed by atoms with E-state index in [0.717, 1.165) is 12.8 Å². The fourth-order valence-electron chi connectivity index (χ4n) is 3.56. The van der Waals surface area contributed by atoms with Crippen molar-refractivity contribution in [1.82, 2.24) is 9.80 Å². The zero-order valence-electron chi connectivity index (χ0n) is 14.8. The third-order valence-electron chi connectivity index (χ3n) is 5.13. The van der Waals surface area contributed by atoms with Crippen LogP contribution in [0.15, 0.2) is 18.2 Å². The number of hydrogen-bond acceptors (Lipinski definition) is 4. The topological polar surface area (TPSA) is 57.7 Å². The Labute approximate surface area is 159 Å². The number of likely N-dealkylation sites (N-methyl/N-ethyl adjacent to an activating group) is 1. The van der Waals surface area contributed by atoms with Crippen molar-refractivity contribution in [2.45, 2.75) is 44.8 Å². The van der Waals surface area contributed by atoms with Gasteiger partial charge in [-0.2, -0.15) is 0 Å². The van der Waals surface area contributed by atoms with E-state index in [1.807, 2.05) is 11.8 Å². The molecule has 26 heavy (non-hydrogen) atoms. The van der Waals surface area contributed by atoms with Gasteiger partial charge in [-0.15, -0.1) is 0 Å². The van der Waals surface area contributed by atoms with Gasteiger partial charge in [-0.25, -0.2) is 12.8 Å². The molecule has 1 amide bonds. The van der Waals surface area contributed by atoms with E-state index in [2.05, 4.69) is 0 Å². The van der Waals surface area contributed by atoms with Crippen LogP contribution in [-0.4, -0.2) is 60.8 Å². The Bertz CT molecular complexity index is 762. The summed E-state index contributed by atoms with van der Waals surface area (Å²) >= 11 is 6.13. The highest BCUT2D eigenvalue weighted by Gasteiger charge is 2.36. The number of halogens is 2. The molecule has 0 aromatic heterocycles. The van der Waals surface area contributed by atoms with Crippen LogP contribution >= 0.6 is 11.6 Å². The summed E-state index contributed by atoms with van der Waals surface area (Å²) < 4.78 is 37.6. The van der Waals surface area contributed by atoms with E-state index < -0.39 is 9.84 Å². The van der Waals surface area contributed by atoms with Crippen LogP contribution in [0.4, 0.5) is 4.39 Å². The second-order valence-corrected chi connectivity index (χ2v) is 9.71. The molecular weight excluding hydrogens is 379 g/mol. The van der Waals surface area contributed by atoms with Gasteiger partial charge in [0.2, 0.25) is 5.91 Å². The Morgan fingerprint density at radius 2 is 2.00 bits per heavy atom. The molecule has 8 heteroatoms. The normalized spacial score (nSPS) is 21.9. The highest BCUT2D eigenvalue weighted by Crippen LogP contribution is 2.31. The summed E-state index contributed by atoms with van der Waals surface area (Å²) in [5.41, 5.74) is 0.403. The van der Waals surface area contributed by atoms with Crippen molar-refractivity contribution in [3.8, 4) is 0 Å². The minimum atomic E-state index is -3.05. The van der Waals surface area contributed by atoms with Crippen molar-refractivity contribution in [1.29, 1.82) is 0 Å². The molecule has 1 saturated carbocycles. The van der Waals surface area contributed by atoms with Crippen LogP contribution < -0.4 is 0 Å². The van der Waals surface area contributed by atoms with E-state index >= 15 is 0 Å². The minimum Gasteiger partial charge on any atom is -0.338 e. The molecule has 0 spiro atoms. The summed E-state index contributed by atoms with van der Waals surface area (Å²) in [7, 11) is -3.05. The molecule has 0 bridgehead atoms. The number of carbonyl (C=O) groups excluding carboxylic acids is 1. The van der Waals surface area contributed by atoms with Gasteiger partial charge in [0.1, 0.15) is 5.82 Å². The van der Waals surface area contributed by atoms with Gasteiger partial charge in [-0.3, -0.25) is 9.69 Å². The number of carbonyl (C=O) groups is 1. The largest absolute Gasteiger partial charge is 0.338 e. The highest BCUT2D eigenvalue weighted by atomic mass is 35.5. The Kier molecular flexibility index (Phi) is 5.89. The standard InChI is InChI=1S/C18H24ClFN2O3S/c1-2-22(14-8-9-26(24,25)12-14)18(23)11-21(13-6-7-13)10-15-16(19)4-3-5-17(15)20/h3-5,13-14H,2,6-12H2,1H3. The molecule has 1 saturated heterocycles. The zero-order chi connectivity index (χ0) is 18.9. The van der Waals surface area contributed by atoms with Crippen LogP contribution in [0.1, 0.15) is 31.7 Å². The Morgan fingerprint density at radius 1 is 1.27 bits per heavy atom. The quantitative estimate of drug-likeness (QED) is 0.703. The van der Waals surface area contributed by atoms with Gasteiger partial charge in [0.15, 0.2) is 9.84 Å². The van der Waals surface area contributed by atoms with Crippen LogP contribution in [0.3, 0.4) is 0 Å². The predicted octanol–water partition coefficient (Wildman–Crippen LogP) is 2.48. The van der Waals surface area contributed by atoms with Gasteiger partial charge < -0.3 is 4.90 Å². The Morgan fingerprint density at radius 3 is 2.54 bits per heavy atom. The zero-order valence-corrected chi connectivity index (χ0v) is 16.4.